The van der Waals surface area contributed by atoms with E-state index in [1.807, 2.05) is 12.1 Å². The molecule has 0 unspecified atom stereocenters. The van der Waals surface area contributed by atoms with Crippen LogP contribution in [0.1, 0.15) is 13.8 Å². The molecule has 0 amide bonds. The van der Waals surface area contributed by atoms with Crippen LogP contribution in [0.25, 0.3) is 22.6 Å². The van der Waals surface area contributed by atoms with Gasteiger partial charge in [-0.25, -0.2) is 14.6 Å². The van der Waals surface area contributed by atoms with Crippen molar-refractivity contribution in [2.75, 3.05) is 18.5 Å². The molecule has 0 saturated heterocycles. The number of anilines is 1. The number of phenols is 1. The normalized spacial score (nSPS) is 11.3. The molecule has 3 aromatic rings. The number of nitrogens with one attached hydrogen (secondary N) is 1. The summed E-state index contributed by atoms with van der Waals surface area (Å²) in [5.74, 6) is -1.22. The van der Waals surface area contributed by atoms with E-state index >= 15 is 0 Å². The molecule has 0 fully saturated rings. The van der Waals surface area contributed by atoms with Gasteiger partial charge in [0, 0.05) is 5.69 Å². The molecular formula is C21H20N2O6. The van der Waals surface area contributed by atoms with Crippen LogP contribution >= 0.6 is 0 Å². The average Bonchev–Trinajstić information content (AvgIpc) is 3.13. The summed E-state index contributed by atoms with van der Waals surface area (Å²) < 4.78 is 15.5. The van der Waals surface area contributed by atoms with Gasteiger partial charge in [0.2, 0.25) is 5.89 Å². The van der Waals surface area contributed by atoms with Gasteiger partial charge in [0.15, 0.2) is 5.58 Å². The van der Waals surface area contributed by atoms with Gasteiger partial charge < -0.3 is 24.3 Å². The summed E-state index contributed by atoms with van der Waals surface area (Å²) in [4.78, 5) is 28.3. The van der Waals surface area contributed by atoms with Gasteiger partial charge in [-0.05, 0) is 44.2 Å². The van der Waals surface area contributed by atoms with E-state index in [0.717, 1.165) is 6.08 Å². The van der Waals surface area contributed by atoms with Crippen molar-refractivity contribution in [3.63, 3.8) is 0 Å². The third kappa shape index (κ3) is 4.73. The summed E-state index contributed by atoms with van der Waals surface area (Å²) >= 11 is 0. The van der Waals surface area contributed by atoms with Crippen LogP contribution in [-0.4, -0.2) is 35.2 Å². The highest BCUT2D eigenvalue weighted by atomic mass is 16.5. The molecule has 0 atom stereocenters. The molecule has 0 bridgehead atoms. The molecule has 0 aliphatic carbocycles. The number of rotatable bonds is 7. The van der Waals surface area contributed by atoms with Gasteiger partial charge in [-0.15, -0.1) is 0 Å². The number of fused-ring (bicyclic) bond motifs is 1. The van der Waals surface area contributed by atoms with Gasteiger partial charge in [-0.2, -0.15) is 0 Å². The number of esters is 2. The standard InChI is InChI=1S/C21H20N2O6/c1-3-27-19(25)12-16(21(26)28-4-2)22-13-9-10-17(24)14(11-13)20-23-15-7-5-6-8-18(15)29-20/h5-12,22,24H,3-4H2,1-2H3/b16-12+. The molecular weight excluding hydrogens is 376 g/mol. The lowest BCUT2D eigenvalue weighted by Crippen LogP contribution is -2.17. The Hall–Kier alpha value is -3.81. The van der Waals surface area contributed by atoms with E-state index in [2.05, 4.69) is 10.3 Å². The van der Waals surface area contributed by atoms with Crippen LogP contribution in [0, 0.1) is 0 Å². The van der Waals surface area contributed by atoms with Crippen molar-refractivity contribution in [2.45, 2.75) is 13.8 Å². The summed E-state index contributed by atoms with van der Waals surface area (Å²) in [6, 6.07) is 11.7. The van der Waals surface area contributed by atoms with Crippen molar-refractivity contribution in [3.05, 3.63) is 54.2 Å². The number of carbonyl (C=O) groups is 2. The Bertz CT molecular complexity index is 1040. The number of oxazole rings is 1. The molecule has 2 aromatic carbocycles. The van der Waals surface area contributed by atoms with Crippen molar-refractivity contribution in [2.24, 2.45) is 0 Å². The van der Waals surface area contributed by atoms with E-state index in [0.29, 0.717) is 22.4 Å². The third-order valence-corrected chi connectivity index (χ3v) is 3.84. The van der Waals surface area contributed by atoms with E-state index in [4.69, 9.17) is 13.9 Å². The number of hydrogen-bond acceptors (Lipinski definition) is 8. The second-order valence-corrected chi connectivity index (χ2v) is 5.87. The summed E-state index contributed by atoms with van der Waals surface area (Å²) in [6.07, 6.45) is 1.02. The zero-order valence-corrected chi connectivity index (χ0v) is 16.0. The van der Waals surface area contributed by atoms with Crippen LogP contribution in [0.3, 0.4) is 0 Å². The van der Waals surface area contributed by atoms with E-state index in [9.17, 15) is 14.7 Å². The Labute approximate surface area is 166 Å². The number of hydrogen-bond donors (Lipinski definition) is 2. The van der Waals surface area contributed by atoms with E-state index < -0.39 is 11.9 Å². The number of aromatic hydroxyl groups is 1. The fraction of sp³-hybridized carbons (Fsp3) is 0.190. The lowest BCUT2D eigenvalue weighted by Gasteiger charge is -2.11. The minimum Gasteiger partial charge on any atom is -0.507 e. The molecule has 3 rings (SSSR count). The summed E-state index contributed by atoms with van der Waals surface area (Å²) in [5.41, 5.74) is 1.87. The minimum atomic E-state index is -0.711. The topological polar surface area (TPSA) is 111 Å². The van der Waals surface area contributed by atoms with Crippen LogP contribution in [-0.2, 0) is 19.1 Å². The van der Waals surface area contributed by atoms with Gasteiger partial charge in [-0.1, -0.05) is 12.1 Å². The molecule has 0 aliphatic heterocycles. The Morgan fingerprint density at radius 3 is 2.62 bits per heavy atom. The van der Waals surface area contributed by atoms with E-state index in [1.165, 1.54) is 6.07 Å². The van der Waals surface area contributed by atoms with Gasteiger partial charge in [0.1, 0.15) is 17.0 Å². The predicted octanol–water partition coefficient (Wildman–Crippen LogP) is 3.62. The summed E-state index contributed by atoms with van der Waals surface area (Å²) in [6.45, 7) is 3.64. The number of carbonyl (C=O) groups excluding carboxylic acids is 2. The van der Waals surface area contributed by atoms with Gasteiger partial charge in [0.25, 0.3) is 0 Å². The quantitative estimate of drug-likeness (QED) is 0.354. The maximum atomic E-state index is 12.2. The summed E-state index contributed by atoms with van der Waals surface area (Å²) in [7, 11) is 0. The molecule has 150 valence electrons. The van der Waals surface area contributed by atoms with Crippen molar-refractivity contribution in [3.8, 4) is 17.2 Å². The first kappa shape index (κ1) is 19.9. The average molecular weight is 396 g/mol. The minimum absolute atomic E-state index is 0.0471. The Morgan fingerprint density at radius 2 is 1.90 bits per heavy atom. The molecule has 0 radical (unpaired) electrons. The number of benzene rings is 2. The zero-order chi connectivity index (χ0) is 20.8. The molecule has 0 saturated carbocycles. The van der Waals surface area contributed by atoms with Gasteiger partial charge in [-0.3, -0.25) is 0 Å². The molecule has 1 heterocycles. The Kier molecular flexibility index (Phi) is 6.13. The first-order valence-corrected chi connectivity index (χ1v) is 9.03. The number of para-hydroxylation sites is 2. The van der Waals surface area contributed by atoms with Crippen molar-refractivity contribution >= 4 is 28.7 Å². The number of aromatic nitrogens is 1. The van der Waals surface area contributed by atoms with Gasteiger partial charge >= 0.3 is 11.9 Å². The second kappa shape index (κ2) is 8.92. The van der Waals surface area contributed by atoms with E-state index in [-0.39, 0.29) is 30.6 Å². The maximum Gasteiger partial charge on any atom is 0.355 e. The molecule has 29 heavy (non-hydrogen) atoms. The SMILES string of the molecule is CCOC(=O)/C=C(/Nc1ccc(O)c(-c2nc3ccccc3o2)c1)C(=O)OCC. The molecule has 1 aromatic heterocycles. The molecule has 0 aliphatic rings. The number of nitrogens with zero attached hydrogens (tertiary/aromatic N) is 1. The van der Waals surface area contributed by atoms with Crippen LogP contribution in [0.5, 0.6) is 5.75 Å². The van der Waals surface area contributed by atoms with Gasteiger partial charge in [0.05, 0.1) is 24.9 Å². The highest BCUT2D eigenvalue weighted by Crippen LogP contribution is 2.33. The first-order valence-electron chi connectivity index (χ1n) is 9.03. The van der Waals surface area contributed by atoms with Crippen molar-refractivity contribution in [1.82, 2.24) is 4.98 Å². The second-order valence-electron chi connectivity index (χ2n) is 5.87. The highest BCUT2D eigenvalue weighted by Gasteiger charge is 2.17. The van der Waals surface area contributed by atoms with Crippen molar-refractivity contribution in [1.29, 1.82) is 0 Å². The van der Waals surface area contributed by atoms with Crippen LogP contribution in [0.15, 0.2) is 58.7 Å². The smallest absolute Gasteiger partial charge is 0.355 e. The monoisotopic (exact) mass is 396 g/mol. The van der Waals surface area contributed by atoms with Crippen LogP contribution in [0.4, 0.5) is 5.69 Å². The lowest BCUT2D eigenvalue weighted by atomic mass is 10.1. The van der Waals surface area contributed by atoms with Crippen molar-refractivity contribution < 1.29 is 28.6 Å². The molecule has 0 spiro atoms. The zero-order valence-electron chi connectivity index (χ0n) is 16.0. The largest absolute Gasteiger partial charge is 0.507 e. The number of ether oxygens (including phenoxy) is 2. The first-order chi connectivity index (χ1) is 14.0. The van der Waals surface area contributed by atoms with Crippen LogP contribution < -0.4 is 5.32 Å². The lowest BCUT2D eigenvalue weighted by molar-refractivity contribution is -0.140. The van der Waals surface area contributed by atoms with E-state index in [1.54, 1.807) is 38.1 Å². The molecule has 8 nitrogen and oxygen atoms in total. The summed E-state index contributed by atoms with van der Waals surface area (Å²) in [5, 5.41) is 13.1. The third-order valence-electron chi connectivity index (χ3n) is 3.84. The number of phenolic OH excluding ortho intramolecular Hbond substituents is 1. The maximum absolute atomic E-state index is 12.2. The molecule has 2 N–H and O–H groups in total. The van der Waals surface area contributed by atoms with Crippen LogP contribution in [0.2, 0.25) is 0 Å². The fourth-order valence-corrected chi connectivity index (χ4v) is 2.58. The highest BCUT2D eigenvalue weighted by molar-refractivity contribution is 5.99. The fourth-order valence-electron chi connectivity index (χ4n) is 2.58. The Morgan fingerprint density at radius 1 is 1.14 bits per heavy atom. The predicted molar refractivity (Wildman–Crippen MR) is 106 cm³/mol. The Balaban J connectivity index is 1.94. The molecule has 8 heteroatoms.